The van der Waals surface area contributed by atoms with Crippen molar-refractivity contribution < 1.29 is 28.7 Å². The van der Waals surface area contributed by atoms with Gasteiger partial charge in [-0.3, -0.25) is 34.3 Å². The van der Waals surface area contributed by atoms with Gasteiger partial charge < -0.3 is 29.7 Å². The summed E-state index contributed by atoms with van der Waals surface area (Å²) in [5.74, 6) is 2.48. The number of urea groups is 1. The van der Waals surface area contributed by atoms with Crippen LogP contribution in [0.1, 0.15) is 65.3 Å². The van der Waals surface area contributed by atoms with Crippen molar-refractivity contribution in [2.45, 2.75) is 57.2 Å². The first-order valence-electron chi connectivity index (χ1n) is 20.8. The van der Waals surface area contributed by atoms with Crippen molar-refractivity contribution in [3.05, 3.63) is 65.5 Å². The number of piperidine rings is 2. The monoisotopic (exact) mass is 827 g/mol. The SMILES string of the molecule is C#C[C@@H]1CN(c2ccc(C#N)c(OC)c2)[C@@H](C)CN1C(=O)Nc1cnc(N2CCC(CCN3CCN(c4ccc5c(c4)C(=O)N(C4CCC(=O)NC4=O)C5=O)CC3)CC2)nc1. The minimum Gasteiger partial charge on any atom is -0.495 e. The van der Waals surface area contributed by atoms with Crippen molar-refractivity contribution in [1.29, 1.82) is 5.26 Å². The number of benzene rings is 2. The molecule has 17 nitrogen and oxygen atoms in total. The van der Waals surface area contributed by atoms with Gasteiger partial charge in [-0.25, -0.2) is 14.8 Å². The minimum atomic E-state index is -0.979. The molecule has 316 valence electrons. The first kappa shape index (κ1) is 41.0. The van der Waals surface area contributed by atoms with Gasteiger partial charge in [0.1, 0.15) is 23.9 Å². The van der Waals surface area contributed by atoms with E-state index in [4.69, 9.17) is 11.2 Å². The third-order valence-corrected chi connectivity index (χ3v) is 12.6. The lowest BCUT2D eigenvalue weighted by Gasteiger charge is -2.44. The highest BCUT2D eigenvalue weighted by Crippen LogP contribution is 2.33. The van der Waals surface area contributed by atoms with Gasteiger partial charge in [0, 0.05) is 75.7 Å². The van der Waals surface area contributed by atoms with E-state index in [1.54, 1.807) is 35.5 Å². The number of rotatable bonds is 9. The van der Waals surface area contributed by atoms with Crippen LogP contribution in [0.2, 0.25) is 0 Å². The number of fused-ring (bicyclic) bond motifs is 1. The molecule has 4 fully saturated rings. The largest absolute Gasteiger partial charge is 0.495 e. The summed E-state index contributed by atoms with van der Waals surface area (Å²) >= 11 is 0. The van der Waals surface area contributed by atoms with E-state index < -0.39 is 35.7 Å². The normalized spacial score (nSPS) is 22.4. The molecule has 1 unspecified atom stereocenters. The van der Waals surface area contributed by atoms with Gasteiger partial charge in [0.2, 0.25) is 17.8 Å². The van der Waals surface area contributed by atoms with Crippen LogP contribution in [-0.2, 0) is 9.59 Å². The van der Waals surface area contributed by atoms with E-state index in [1.807, 2.05) is 25.1 Å². The van der Waals surface area contributed by atoms with Gasteiger partial charge in [0.15, 0.2) is 0 Å². The Bertz CT molecular complexity index is 2290. The van der Waals surface area contributed by atoms with Crippen LogP contribution in [-0.4, -0.2) is 138 Å². The number of carbonyl (C=O) groups excluding carboxylic acids is 5. The minimum absolute atomic E-state index is 0.0473. The van der Waals surface area contributed by atoms with E-state index in [1.165, 1.54) is 7.11 Å². The van der Waals surface area contributed by atoms with Crippen molar-refractivity contribution >= 4 is 52.7 Å². The lowest BCUT2D eigenvalue weighted by Crippen LogP contribution is -2.59. The summed E-state index contributed by atoms with van der Waals surface area (Å²) in [5.41, 5.74) is 3.26. The van der Waals surface area contributed by atoms with E-state index >= 15 is 0 Å². The van der Waals surface area contributed by atoms with E-state index in [2.05, 4.69) is 52.2 Å². The predicted octanol–water partition coefficient (Wildman–Crippen LogP) is 2.93. The molecule has 3 atom stereocenters. The first-order chi connectivity index (χ1) is 29.5. The molecule has 0 saturated carbocycles. The second-order valence-corrected chi connectivity index (χ2v) is 16.3. The number of nitriles is 1. The number of ether oxygens (including phenoxy) is 1. The third-order valence-electron chi connectivity index (χ3n) is 12.6. The van der Waals surface area contributed by atoms with E-state index in [0.717, 1.165) is 81.4 Å². The van der Waals surface area contributed by atoms with Gasteiger partial charge in [0.25, 0.3) is 11.8 Å². The third kappa shape index (κ3) is 8.38. The number of terminal acetylenes is 1. The molecule has 2 N–H and O–H groups in total. The van der Waals surface area contributed by atoms with Gasteiger partial charge >= 0.3 is 6.03 Å². The Morgan fingerprint density at radius 3 is 2.33 bits per heavy atom. The fourth-order valence-electron chi connectivity index (χ4n) is 9.07. The van der Waals surface area contributed by atoms with Crippen molar-refractivity contribution in [1.82, 2.24) is 30.0 Å². The average Bonchev–Trinajstić information content (AvgIpc) is 3.53. The molecule has 6 heterocycles. The maximum atomic E-state index is 13.5. The second-order valence-electron chi connectivity index (χ2n) is 16.3. The number of carbonyl (C=O) groups is 5. The van der Waals surface area contributed by atoms with Crippen LogP contribution in [0, 0.1) is 29.6 Å². The number of aromatic nitrogens is 2. The number of hydrogen-bond acceptors (Lipinski definition) is 13. The number of nitrogens with one attached hydrogen (secondary N) is 2. The van der Waals surface area contributed by atoms with Crippen LogP contribution in [0.5, 0.6) is 5.75 Å². The quantitative estimate of drug-likeness (QED) is 0.237. The first-order valence-corrected chi connectivity index (χ1v) is 20.8. The topological polar surface area (TPSA) is 188 Å². The maximum absolute atomic E-state index is 13.5. The number of imide groups is 2. The lowest BCUT2D eigenvalue weighted by atomic mass is 9.93. The Hall–Kier alpha value is -6.72. The van der Waals surface area contributed by atoms with Crippen molar-refractivity contribution in [2.24, 2.45) is 5.92 Å². The fraction of sp³-hybridized carbons (Fsp3) is 0.455. The molecule has 17 heteroatoms. The van der Waals surface area contributed by atoms with Gasteiger partial charge in [-0.05, 0) is 75.4 Å². The molecule has 8 rings (SSSR count). The van der Waals surface area contributed by atoms with Crippen molar-refractivity contribution in [3.63, 3.8) is 0 Å². The summed E-state index contributed by atoms with van der Waals surface area (Å²) < 4.78 is 5.40. The van der Waals surface area contributed by atoms with Crippen LogP contribution >= 0.6 is 0 Å². The van der Waals surface area contributed by atoms with Gasteiger partial charge in [-0.2, -0.15) is 5.26 Å². The Morgan fingerprint density at radius 1 is 0.918 bits per heavy atom. The molecular weight excluding hydrogens is 779 g/mol. The standard InChI is InChI=1S/C44H49N11O6/c1-4-32-27-53(34-6-5-30(23-45)38(22-34)61-3)28(2)26-54(32)44(60)48-31-24-46-43(47-25-31)52-15-12-29(13-16-52)11-14-50-17-19-51(20-18-50)33-7-8-35-36(21-33)42(59)55(41(35)58)37-9-10-39(56)49-40(37)57/h1,5-8,21-22,24-25,28-29,32,37H,9-20,26-27H2,2-3H3,(H,48,60)(H,49,56,57)/t28-,32+,37?/m0/s1. The Morgan fingerprint density at radius 2 is 1.64 bits per heavy atom. The van der Waals surface area contributed by atoms with Crippen LogP contribution in [0.4, 0.5) is 27.8 Å². The molecule has 6 amide bonds. The zero-order valence-electron chi connectivity index (χ0n) is 34.4. The molecule has 0 bridgehead atoms. The molecule has 5 aliphatic rings. The summed E-state index contributed by atoms with van der Waals surface area (Å²) in [5, 5.41) is 14.5. The summed E-state index contributed by atoms with van der Waals surface area (Å²) in [6.07, 6.45) is 12.6. The zero-order valence-corrected chi connectivity index (χ0v) is 34.4. The molecular formula is C44H49N11O6. The van der Waals surface area contributed by atoms with Gasteiger partial charge in [0.05, 0.1) is 48.4 Å². The number of piperazine rings is 2. The molecule has 3 aromatic rings. The van der Waals surface area contributed by atoms with Crippen LogP contribution in [0.15, 0.2) is 48.8 Å². The smallest absolute Gasteiger partial charge is 0.323 e. The van der Waals surface area contributed by atoms with E-state index in [9.17, 15) is 29.2 Å². The average molecular weight is 828 g/mol. The predicted molar refractivity (Wildman–Crippen MR) is 226 cm³/mol. The number of amides is 6. The molecule has 5 aliphatic heterocycles. The van der Waals surface area contributed by atoms with Crippen LogP contribution in [0.3, 0.4) is 0 Å². The van der Waals surface area contributed by atoms with Crippen molar-refractivity contribution in [2.75, 3.05) is 86.0 Å². The highest BCUT2D eigenvalue weighted by molar-refractivity contribution is 6.23. The second kappa shape index (κ2) is 17.5. The molecule has 1 aromatic heterocycles. The summed E-state index contributed by atoms with van der Waals surface area (Å²) in [6, 6.07) is 11.0. The fourth-order valence-corrected chi connectivity index (χ4v) is 9.07. The Kier molecular flexibility index (Phi) is 11.8. The summed E-state index contributed by atoms with van der Waals surface area (Å²) in [7, 11) is 1.53. The molecule has 0 radical (unpaired) electrons. The summed E-state index contributed by atoms with van der Waals surface area (Å²) in [6.45, 7) is 8.89. The number of anilines is 4. The molecule has 0 spiro atoms. The maximum Gasteiger partial charge on any atom is 0.323 e. The molecule has 4 saturated heterocycles. The van der Waals surface area contributed by atoms with Crippen molar-refractivity contribution in [3.8, 4) is 24.2 Å². The summed E-state index contributed by atoms with van der Waals surface area (Å²) in [4.78, 5) is 84.8. The number of methoxy groups -OCH3 is 1. The molecule has 61 heavy (non-hydrogen) atoms. The van der Waals surface area contributed by atoms with Crippen LogP contribution in [0.25, 0.3) is 0 Å². The molecule has 0 aliphatic carbocycles. The number of nitrogens with zero attached hydrogens (tertiary/aromatic N) is 9. The van der Waals surface area contributed by atoms with Gasteiger partial charge in [-0.15, -0.1) is 6.42 Å². The highest BCUT2D eigenvalue weighted by atomic mass is 16.5. The van der Waals surface area contributed by atoms with E-state index in [-0.39, 0.29) is 30.5 Å². The van der Waals surface area contributed by atoms with Crippen LogP contribution < -0.4 is 30.1 Å². The van der Waals surface area contributed by atoms with E-state index in [0.29, 0.717) is 47.5 Å². The Labute approximate surface area is 354 Å². The van der Waals surface area contributed by atoms with Gasteiger partial charge in [-0.1, -0.05) is 5.92 Å². The zero-order chi connectivity index (χ0) is 42.8. The molecule has 2 aromatic carbocycles. The lowest BCUT2D eigenvalue weighted by molar-refractivity contribution is -0.136. The Balaban J connectivity index is 0.767. The number of hydrogen-bond donors (Lipinski definition) is 2. The highest BCUT2D eigenvalue weighted by Gasteiger charge is 2.45.